The molecule has 0 amide bonds. The molecule has 0 bridgehead atoms. The third kappa shape index (κ3) is 8.74. The smallest absolute Gasteiger partial charge is 0.0744 e. The van der Waals surface area contributed by atoms with Gasteiger partial charge in [-0.1, -0.05) is 183 Å². The number of benzene rings is 7. The fourth-order valence-corrected chi connectivity index (χ4v) is 8.34. The van der Waals surface area contributed by atoms with Gasteiger partial charge in [0.15, 0.2) is 0 Å². The molecule has 0 N–H and O–H groups in total. The summed E-state index contributed by atoms with van der Waals surface area (Å²) in [5, 5.41) is 4.97. The first-order chi connectivity index (χ1) is 30.0. The molecule has 0 unspecified atom stereocenters. The van der Waals surface area contributed by atoms with Crippen LogP contribution in [0.25, 0.3) is 66.3 Å². The Bertz CT molecular complexity index is 2970. The second-order valence-electron chi connectivity index (χ2n) is 15.3. The summed E-state index contributed by atoms with van der Waals surface area (Å²) in [4.78, 5) is 15.1. The van der Waals surface area contributed by atoms with Gasteiger partial charge in [0, 0.05) is 22.3 Å². The SMILES string of the molecule is C=N/C(C1=C(C)CCC=C1)=C(/C)C(=NCc1cccc(-c2ccc(-c3cc(-c4cc5ccccc5c5ccccc45)cc(-c4ccccc4)n3)cc2)c1)c1ccccc1.CC. The summed E-state index contributed by atoms with van der Waals surface area (Å²) in [6.07, 6.45) is 6.50. The van der Waals surface area contributed by atoms with E-state index in [-0.39, 0.29) is 0 Å². The monoisotopic (exact) mass is 789 g/mol. The fourth-order valence-electron chi connectivity index (χ4n) is 8.34. The van der Waals surface area contributed by atoms with Crippen molar-refractivity contribution < 1.29 is 0 Å². The lowest BCUT2D eigenvalue weighted by Gasteiger charge is -2.17. The van der Waals surface area contributed by atoms with Gasteiger partial charge in [-0.15, -0.1) is 0 Å². The van der Waals surface area contributed by atoms with Gasteiger partial charge in [-0.2, -0.15) is 0 Å². The van der Waals surface area contributed by atoms with Gasteiger partial charge in [0.05, 0.1) is 29.3 Å². The van der Waals surface area contributed by atoms with E-state index in [2.05, 4.69) is 208 Å². The fraction of sp³-hybridized carbons (Fsp3) is 0.121. The van der Waals surface area contributed by atoms with Crippen LogP contribution in [0.3, 0.4) is 0 Å². The van der Waals surface area contributed by atoms with Gasteiger partial charge < -0.3 is 0 Å². The molecule has 0 atom stereocenters. The van der Waals surface area contributed by atoms with Crippen LogP contribution in [0, 0.1) is 0 Å². The second-order valence-corrected chi connectivity index (χ2v) is 15.3. The number of rotatable bonds is 10. The van der Waals surface area contributed by atoms with Crippen molar-refractivity contribution in [2.45, 2.75) is 47.1 Å². The number of hydrogen-bond acceptors (Lipinski definition) is 3. The third-order valence-electron chi connectivity index (χ3n) is 11.4. The summed E-state index contributed by atoms with van der Waals surface area (Å²) in [6, 6.07) is 62.6. The van der Waals surface area contributed by atoms with Gasteiger partial charge in [0.1, 0.15) is 0 Å². The van der Waals surface area contributed by atoms with E-state index in [1.165, 1.54) is 32.7 Å². The maximum atomic E-state index is 5.26. The summed E-state index contributed by atoms with van der Waals surface area (Å²) in [7, 11) is 0. The van der Waals surface area contributed by atoms with Crippen molar-refractivity contribution in [1.29, 1.82) is 0 Å². The Labute approximate surface area is 360 Å². The van der Waals surface area contributed by atoms with E-state index in [0.29, 0.717) is 6.54 Å². The van der Waals surface area contributed by atoms with Gasteiger partial charge in [0.25, 0.3) is 0 Å². The van der Waals surface area contributed by atoms with Crippen molar-refractivity contribution >= 4 is 34.0 Å². The lowest BCUT2D eigenvalue weighted by molar-refractivity contribution is 0.938. The topological polar surface area (TPSA) is 37.6 Å². The minimum absolute atomic E-state index is 0.536. The molecule has 1 aliphatic rings. The van der Waals surface area contributed by atoms with Gasteiger partial charge in [0.2, 0.25) is 0 Å². The normalized spacial score (nSPS) is 13.1. The highest BCUT2D eigenvalue weighted by Gasteiger charge is 2.17. The van der Waals surface area contributed by atoms with E-state index < -0.39 is 0 Å². The van der Waals surface area contributed by atoms with Crippen LogP contribution in [0.1, 0.15) is 51.7 Å². The van der Waals surface area contributed by atoms with Crippen molar-refractivity contribution in [2.24, 2.45) is 9.98 Å². The van der Waals surface area contributed by atoms with Gasteiger partial charge >= 0.3 is 0 Å². The van der Waals surface area contributed by atoms with Crippen LogP contribution in [-0.4, -0.2) is 17.4 Å². The zero-order chi connectivity index (χ0) is 42.1. The first-order valence-corrected chi connectivity index (χ1v) is 21.4. The molecule has 0 radical (unpaired) electrons. The summed E-state index contributed by atoms with van der Waals surface area (Å²) in [6.45, 7) is 12.8. The van der Waals surface area contributed by atoms with Gasteiger partial charge in [-0.05, 0) is 113 Å². The maximum Gasteiger partial charge on any atom is 0.0744 e. The zero-order valence-electron chi connectivity index (χ0n) is 35.6. The molecule has 3 nitrogen and oxygen atoms in total. The van der Waals surface area contributed by atoms with Crippen molar-refractivity contribution in [3.8, 4) is 44.8 Å². The highest BCUT2D eigenvalue weighted by atomic mass is 14.8. The van der Waals surface area contributed by atoms with E-state index in [9.17, 15) is 0 Å². The molecule has 1 aromatic heterocycles. The third-order valence-corrected chi connectivity index (χ3v) is 11.4. The first kappa shape index (κ1) is 40.5. The molecule has 1 heterocycles. The van der Waals surface area contributed by atoms with E-state index in [0.717, 1.165) is 85.7 Å². The lowest BCUT2D eigenvalue weighted by atomic mass is 9.92. The van der Waals surface area contributed by atoms with E-state index in [1.807, 2.05) is 19.9 Å². The van der Waals surface area contributed by atoms with Crippen molar-refractivity contribution in [3.63, 3.8) is 0 Å². The minimum atomic E-state index is 0.536. The molecule has 61 heavy (non-hydrogen) atoms. The standard InChI is InChI=1S/C56H45N3.C2H6/c1-38-17-10-12-25-48(38)56(57-3)39(2)55(44-21-8-5-9-22-44)58-37-40-18-16-24-45(33-40)41-29-31-43(32-30-41)54-36-47(35-53(59-54)42-19-6-4-7-20-42)52-34-46-23-11-13-26-49(46)50-27-14-15-28-51(50)52;1-2/h4-9,11-16,18-36H,3,10,17,37H2,1-2H3;1-2H3/b56-39-,58-55?;. The summed E-state index contributed by atoms with van der Waals surface area (Å²) in [5.41, 5.74) is 16.2. The number of pyridine rings is 1. The molecule has 7 aromatic carbocycles. The second kappa shape index (κ2) is 18.8. The van der Waals surface area contributed by atoms with Crippen LogP contribution in [-0.2, 0) is 6.54 Å². The van der Waals surface area contributed by atoms with Crippen LogP contribution >= 0.6 is 0 Å². The largest absolute Gasteiger partial charge is 0.280 e. The highest BCUT2D eigenvalue weighted by Crippen LogP contribution is 2.38. The molecule has 0 aliphatic heterocycles. The van der Waals surface area contributed by atoms with E-state index in [4.69, 9.17) is 9.98 Å². The maximum absolute atomic E-state index is 5.26. The average Bonchev–Trinajstić information content (AvgIpc) is 3.33. The molecule has 0 saturated heterocycles. The number of nitrogens with zero attached hydrogens (tertiary/aromatic N) is 3. The molecule has 9 rings (SSSR count). The average molecular weight is 790 g/mol. The molecule has 3 heteroatoms. The van der Waals surface area contributed by atoms with E-state index in [1.54, 1.807) is 0 Å². The van der Waals surface area contributed by atoms with Crippen LogP contribution < -0.4 is 0 Å². The van der Waals surface area contributed by atoms with Crippen molar-refractivity contribution in [1.82, 2.24) is 4.98 Å². The van der Waals surface area contributed by atoms with E-state index >= 15 is 0 Å². The van der Waals surface area contributed by atoms with Crippen molar-refractivity contribution in [2.75, 3.05) is 0 Å². The number of aromatic nitrogens is 1. The molecular weight excluding hydrogens is 739 g/mol. The number of fused-ring (bicyclic) bond motifs is 3. The Kier molecular flexibility index (Phi) is 12.5. The number of aliphatic imine (C=N–C) groups is 2. The summed E-state index contributed by atoms with van der Waals surface area (Å²) < 4.78 is 0. The van der Waals surface area contributed by atoms with Crippen LogP contribution in [0.15, 0.2) is 220 Å². The zero-order valence-corrected chi connectivity index (χ0v) is 35.6. The lowest BCUT2D eigenvalue weighted by Crippen LogP contribution is -2.08. The quantitative estimate of drug-likeness (QED) is 0.100. The Morgan fingerprint density at radius 3 is 1.90 bits per heavy atom. The molecule has 0 spiro atoms. The molecule has 298 valence electrons. The molecular formula is C58H51N3. The predicted molar refractivity (Wildman–Crippen MR) is 262 cm³/mol. The van der Waals surface area contributed by atoms with Crippen LogP contribution in [0.4, 0.5) is 0 Å². The highest BCUT2D eigenvalue weighted by molar-refractivity contribution is 6.14. The van der Waals surface area contributed by atoms with Gasteiger partial charge in [-0.3, -0.25) is 9.98 Å². The Morgan fingerprint density at radius 2 is 1.20 bits per heavy atom. The van der Waals surface area contributed by atoms with Gasteiger partial charge in [-0.25, -0.2) is 4.98 Å². The Balaban J connectivity index is 0.00000253. The summed E-state index contributed by atoms with van der Waals surface area (Å²) >= 11 is 0. The minimum Gasteiger partial charge on any atom is -0.280 e. The first-order valence-electron chi connectivity index (χ1n) is 21.4. The summed E-state index contributed by atoms with van der Waals surface area (Å²) in [5.74, 6) is 0. The van der Waals surface area contributed by atoms with Crippen LogP contribution in [0.2, 0.25) is 0 Å². The van der Waals surface area contributed by atoms with Crippen LogP contribution in [0.5, 0.6) is 0 Å². The number of allylic oxidation sites excluding steroid dienone is 4. The Hall–Kier alpha value is -7.23. The Morgan fingerprint density at radius 1 is 0.590 bits per heavy atom. The number of hydrogen-bond donors (Lipinski definition) is 0. The molecule has 0 saturated carbocycles. The molecule has 1 aliphatic carbocycles. The predicted octanol–water partition coefficient (Wildman–Crippen LogP) is 15.7. The molecule has 0 fully saturated rings. The molecule has 8 aromatic rings. The van der Waals surface area contributed by atoms with Crippen molar-refractivity contribution in [3.05, 3.63) is 222 Å².